The minimum Gasteiger partial charge on any atom is -0.480 e. The monoisotopic (exact) mass is 359 g/mol. The summed E-state index contributed by atoms with van der Waals surface area (Å²) in [6, 6.07) is 7.07. The molecule has 1 aromatic rings. The summed E-state index contributed by atoms with van der Waals surface area (Å²) in [5.74, 6) is -1.58. The number of nitrogens with one attached hydrogen (secondary N) is 1. The van der Waals surface area contributed by atoms with E-state index in [1.807, 2.05) is 18.0 Å². The Morgan fingerprint density at radius 3 is 2.50 bits per heavy atom. The molecule has 26 heavy (non-hydrogen) atoms. The molecule has 0 spiro atoms. The highest BCUT2D eigenvalue weighted by Crippen LogP contribution is 2.25. The Kier molecular flexibility index (Phi) is 5.56. The van der Waals surface area contributed by atoms with Crippen LogP contribution in [-0.4, -0.2) is 71.0 Å². The molecule has 2 amide bonds. The molecule has 0 aliphatic carbocycles. The van der Waals surface area contributed by atoms with E-state index < -0.39 is 18.1 Å². The van der Waals surface area contributed by atoms with Crippen LogP contribution in [0.1, 0.15) is 36.0 Å². The zero-order chi connectivity index (χ0) is 18.7. The first kappa shape index (κ1) is 18.4. The van der Waals surface area contributed by atoms with Gasteiger partial charge in [0.25, 0.3) is 5.91 Å². The van der Waals surface area contributed by atoms with Crippen LogP contribution in [-0.2, 0) is 9.59 Å². The summed E-state index contributed by atoms with van der Waals surface area (Å²) in [6.45, 7) is 0.964. The van der Waals surface area contributed by atoms with E-state index in [-0.39, 0.29) is 17.9 Å². The molecule has 2 aliphatic rings. The lowest BCUT2D eigenvalue weighted by Crippen LogP contribution is -2.65. The third-order valence-electron chi connectivity index (χ3n) is 5.20. The molecule has 140 valence electrons. The lowest BCUT2D eigenvalue weighted by atomic mass is 9.94. The first-order chi connectivity index (χ1) is 12.5. The van der Waals surface area contributed by atoms with Gasteiger partial charge < -0.3 is 20.2 Å². The van der Waals surface area contributed by atoms with Crippen LogP contribution in [0.3, 0.4) is 0 Å². The van der Waals surface area contributed by atoms with Gasteiger partial charge in [0.2, 0.25) is 5.91 Å². The molecule has 0 radical (unpaired) electrons. The van der Waals surface area contributed by atoms with Crippen LogP contribution < -0.4 is 5.32 Å². The van der Waals surface area contributed by atoms with Crippen LogP contribution in [0.4, 0.5) is 0 Å². The Morgan fingerprint density at radius 2 is 1.81 bits per heavy atom. The van der Waals surface area contributed by atoms with Crippen molar-refractivity contribution in [2.45, 2.75) is 43.8 Å². The Bertz CT molecular complexity index is 679. The molecule has 7 nitrogen and oxygen atoms in total. The summed E-state index contributed by atoms with van der Waals surface area (Å²) >= 11 is 0. The topological polar surface area (TPSA) is 90.0 Å². The standard InChI is InChI=1S/C19H25N3O4/c1-21-11-14-9-5-6-10-15(18(24)22(14)16(12-21)19(25)26)20-17(23)13-7-3-2-4-8-13/h2-4,7-8,14-16H,5-6,9-12H2,1H3,(H,20,23)(H,25,26)/t14-,15-,16-/m0/s1. The second-order valence-electron chi connectivity index (χ2n) is 7.15. The van der Waals surface area contributed by atoms with E-state index in [0.29, 0.717) is 25.1 Å². The SMILES string of the molecule is CN1C[C@@H]2CCCC[C@H](NC(=O)c3ccccc3)C(=O)N2[C@H](C(=O)O)C1. The van der Waals surface area contributed by atoms with E-state index in [2.05, 4.69) is 5.32 Å². The van der Waals surface area contributed by atoms with E-state index in [1.165, 1.54) is 4.90 Å². The third-order valence-corrected chi connectivity index (χ3v) is 5.20. The van der Waals surface area contributed by atoms with Gasteiger partial charge in [0.05, 0.1) is 0 Å². The number of piperazine rings is 1. The molecule has 2 saturated heterocycles. The zero-order valence-corrected chi connectivity index (χ0v) is 14.9. The van der Waals surface area contributed by atoms with Gasteiger partial charge in [-0.05, 0) is 32.0 Å². The molecule has 0 bridgehead atoms. The minimum atomic E-state index is -0.997. The Labute approximate surface area is 153 Å². The van der Waals surface area contributed by atoms with Crippen molar-refractivity contribution in [3.63, 3.8) is 0 Å². The number of rotatable bonds is 3. The van der Waals surface area contributed by atoms with Gasteiger partial charge in [0.1, 0.15) is 12.1 Å². The number of aliphatic carboxylic acids is 1. The summed E-state index contributed by atoms with van der Waals surface area (Å²) in [4.78, 5) is 40.8. The van der Waals surface area contributed by atoms with Crippen molar-refractivity contribution in [1.29, 1.82) is 0 Å². The van der Waals surface area contributed by atoms with Crippen LogP contribution in [0.5, 0.6) is 0 Å². The van der Waals surface area contributed by atoms with Crippen molar-refractivity contribution in [1.82, 2.24) is 15.1 Å². The van der Waals surface area contributed by atoms with Gasteiger partial charge in [0, 0.05) is 24.7 Å². The first-order valence-corrected chi connectivity index (χ1v) is 9.07. The summed E-state index contributed by atoms with van der Waals surface area (Å²) in [5, 5.41) is 12.4. The van der Waals surface area contributed by atoms with Gasteiger partial charge in [-0.3, -0.25) is 9.59 Å². The van der Waals surface area contributed by atoms with Gasteiger partial charge in [-0.1, -0.05) is 31.0 Å². The molecule has 2 heterocycles. The van der Waals surface area contributed by atoms with E-state index in [1.54, 1.807) is 24.3 Å². The largest absolute Gasteiger partial charge is 0.480 e. The number of likely N-dealkylation sites (N-methyl/N-ethyl adjacent to an activating group) is 1. The number of hydrogen-bond acceptors (Lipinski definition) is 4. The fourth-order valence-electron chi connectivity index (χ4n) is 3.92. The van der Waals surface area contributed by atoms with Crippen molar-refractivity contribution in [2.75, 3.05) is 20.1 Å². The quantitative estimate of drug-likeness (QED) is 0.839. The minimum absolute atomic E-state index is 0.126. The fourth-order valence-corrected chi connectivity index (χ4v) is 3.92. The summed E-state index contributed by atoms with van der Waals surface area (Å²) in [5.41, 5.74) is 0.493. The molecular formula is C19H25N3O4. The zero-order valence-electron chi connectivity index (χ0n) is 14.9. The van der Waals surface area contributed by atoms with Gasteiger partial charge in [-0.2, -0.15) is 0 Å². The normalized spacial score (nSPS) is 27.2. The summed E-state index contributed by atoms with van der Waals surface area (Å²) in [7, 11) is 1.88. The van der Waals surface area contributed by atoms with E-state index in [9.17, 15) is 19.5 Å². The second-order valence-corrected chi connectivity index (χ2v) is 7.15. The number of carboxylic acid groups (broad SMARTS) is 1. The highest BCUT2D eigenvalue weighted by molar-refractivity contribution is 5.98. The second kappa shape index (κ2) is 7.86. The number of carbonyl (C=O) groups excluding carboxylic acids is 2. The van der Waals surface area contributed by atoms with Gasteiger partial charge in [0.15, 0.2) is 0 Å². The molecule has 3 atom stereocenters. The number of amides is 2. The number of benzene rings is 1. The number of fused-ring (bicyclic) bond motifs is 1. The van der Waals surface area contributed by atoms with E-state index in [4.69, 9.17) is 0 Å². The van der Waals surface area contributed by atoms with Gasteiger partial charge in [-0.15, -0.1) is 0 Å². The molecule has 2 aliphatic heterocycles. The molecule has 2 fully saturated rings. The smallest absolute Gasteiger partial charge is 0.327 e. The Balaban J connectivity index is 1.81. The van der Waals surface area contributed by atoms with Crippen molar-refractivity contribution in [3.05, 3.63) is 35.9 Å². The van der Waals surface area contributed by atoms with Crippen LogP contribution in [0.2, 0.25) is 0 Å². The third kappa shape index (κ3) is 3.88. The molecule has 3 rings (SSSR count). The average molecular weight is 359 g/mol. The number of carbonyl (C=O) groups is 3. The van der Waals surface area contributed by atoms with Crippen molar-refractivity contribution in [3.8, 4) is 0 Å². The lowest BCUT2D eigenvalue weighted by molar-refractivity contribution is -0.158. The summed E-state index contributed by atoms with van der Waals surface area (Å²) in [6.07, 6.45) is 3.06. The lowest BCUT2D eigenvalue weighted by Gasteiger charge is -2.46. The first-order valence-electron chi connectivity index (χ1n) is 9.07. The Morgan fingerprint density at radius 1 is 1.12 bits per heavy atom. The predicted octanol–water partition coefficient (Wildman–Crippen LogP) is 0.955. The summed E-state index contributed by atoms with van der Waals surface area (Å²) < 4.78 is 0. The maximum Gasteiger partial charge on any atom is 0.327 e. The highest BCUT2D eigenvalue weighted by Gasteiger charge is 2.43. The van der Waals surface area contributed by atoms with Crippen LogP contribution >= 0.6 is 0 Å². The van der Waals surface area contributed by atoms with E-state index >= 15 is 0 Å². The molecule has 0 aromatic heterocycles. The number of carboxylic acids is 1. The van der Waals surface area contributed by atoms with E-state index in [0.717, 1.165) is 19.3 Å². The number of hydrogen-bond donors (Lipinski definition) is 2. The molecule has 1 aromatic carbocycles. The van der Waals surface area contributed by atoms with Crippen molar-refractivity contribution >= 4 is 17.8 Å². The predicted molar refractivity (Wildman–Crippen MR) is 95.7 cm³/mol. The van der Waals surface area contributed by atoms with Crippen LogP contribution in [0, 0.1) is 0 Å². The molecule has 0 saturated carbocycles. The van der Waals surface area contributed by atoms with Crippen LogP contribution in [0.25, 0.3) is 0 Å². The number of nitrogens with zero attached hydrogens (tertiary/aromatic N) is 2. The Hall–Kier alpha value is -2.41. The molecule has 7 heteroatoms. The highest BCUT2D eigenvalue weighted by atomic mass is 16.4. The van der Waals surface area contributed by atoms with Crippen LogP contribution in [0.15, 0.2) is 30.3 Å². The average Bonchev–Trinajstić information content (AvgIpc) is 2.62. The van der Waals surface area contributed by atoms with Gasteiger partial charge >= 0.3 is 5.97 Å². The maximum absolute atomic E-state index is 13.2. The van der Waals surface area contributed by atoms with Crippen molar-refractivity contribution in [2.24, 2.45) is 0 Å². The maximum atomic E-state index is 13.2. The van der Waals surface area contributed by atoms with Gasteiger partial charge in [-0.25, -0.2) is 4.79 Å². The molecular weight excluding hydrogens is 334 g/mol. The van der Waals surface area contributed by atoms with Crippen molar-refractivity contribution < 1.29 is 19.5 Å². The fraction of sp³-hybridized carbons (Fsp3) is 0.526. The molecule has 2 N–H and O–H groups in total. The molecule has 0 unspecified atom stereocenters.